The number of hydrogen-bond acceptors (Lipinski definition) is 5. The number of rotatable bonds is 6. The lowest BCUT2D eigenvalue weighted by Gasteiger charge is -2.31. The second-order valence-electron chi connectivity index (χ2n) is 6.06. The zero-order valence-electron chi connectivity index (χ0n) is 13.7. The van der Waals surface area contributed by atoms with E-state index in [0.717, 1.165) is 12.8 Å². The summed E-state index contributed by atoms with van der Waals surface area (Å²) in [6, 6.07) is 9.08. The van der Waals surface area contributed by atoms with Gasteiger partial charge < -0.3 is 4.74 Å². The molecule has 0 N–H and O–H groups in total. The van der Waals surface area contributed by atoms with E-state index in [9.17, 15) is 8.42 Å². The average Bonchev–Trinajstić information content (AvgIpc) is 2.63. The molecule has 1 saturated heterocycles. The Hall–Kier alpha value is -1.70. The summed E-state index contributed by atoms with van der Waals surface area (Å²) in [5.74, 6) is 0.0424. The molecule has 134 valence electrons. The van der Waals surface area contributed by atoms with Gasteiger partial charge in [0.05, 0.1) is 12.4 Å². The van der Waals surface area contributed by atoms with Crippen LogP contribution in [0.15, 0.2) is 42.7 Å². The van der Waals surface area contributed by atoms with Gasteiger partial charge in [-0.3, -0.25) is 0 Å². The summed E-state index contributed by atoms with van der Waals surface area (Å²) in [7, 11) is -3.41. The minimum absolute atomic E-state index is 0.0813. The van der Waals surface area contributed by atoms with Crippen molar-refractivity contribution < 1.29 is 13.2 Å². The van der Waals surface area contributed by atoms with E-state index < -0.39 is 10.0 Å². The summed E-state index contributed by atoms with van der Waals surface area (Å²) in [6.45, 7) is 1.38. The first kappa shape index (κ1) is 18.1. The predicted molar refractivity (Wildman–Crippen MR) is 95.9 cm³/mol. The Kier molecular flexibility index (Phi) is 5.88. The van der Waals surface area contributed by atoms with Crippen LogP contribution in [0.5, 0.6) is 6.01 Å². The highest BCUT2D eigenvalue weighted by Crippen LogP contribution is 2.24. The lowest BCUT2D eigenvalue weighted by Crippen LogP contribution is -2.42. The molecule has 0 aliphatic carbocycles. The Labute approximate surface area is 152 Å². The molecule has 1 unspecified atom stereocenters. The van der Waals surface area contributed by atoms with Crippen LogP contribution in [-0.2, 0) is 15.8 Å². The first-order valence-electron chi connectivity index (χ1n) is 8.15. The molecule has 25 heavy (non-hydrogen) atoms. The highest BCUT2D eigenvalue weighted by Gasteiger charge is 2.29. The van der Waals surface area contributed by atoms with Crippen LogP contribution in [0.3, 0.4) is 0 Å². The second-order valence-corrected chi connectivity index (χ2v) is 8.43. The van der Waals surface area contributed by atoms with E-state index in [0.29, 0.717) is 36.3 Å². The highest BCUT2D eigenvalue weighted by atomic mass is 35.5. The zero-order valence-corrected chi connectivity index (χ0v) is 15.3. The number of sulfonamides is 1. The van der Waals surface area contributed by atoms with Gasteiger partial charge in [0.15, 0.2) is 0 Å². The van der Waals surface area contributed by atoms with Crippen molar-refractivity contribution in [2.75, 3.05) is 19.7 Å². The van der Waals surface area contributed by atoms with E-state index in [2.05, 4.69) is 9.97 Å². The lowest BCUT2D eigenvalue weighted by atomic mass is 10.0. The molecule has 3 rings (SSSR count). The largest absolute Gasteiger partial charge is 0.463 e. The summed E-state index contributed by atoms with van der Waals surface area (Å²) in [5.41, 5.74) is 0.625. The predicted octanol–water partition coefficient (Wildman–Crippen LogP) is 2.75. The molecule has 6 nitrogen and oxygen atoms in total. The standard InChI is InChI=1S/C17H20ClN3O3S/c18-16-7-2-1-6-15(16)13-25(22,23)21-10-3-5-14(11-21)12-24-17-19-8-4-9-20-17/h1-2,4,6-9,14H,3,5,10-13H2. The van der Waals surface area contributed by atoms with Gasteiger partial charge in [-0.1, -0.05) is 29.8 Å². The van der Waals surface area contributed by atoms with Gasteiger partial charge in [0.2, 0.25) is 10.0 Å². The van der Waals surface area contributed by atoms with Crippen molar-refractivity contribution in [3.8, 4) is 6.01 Å². The van der Waals surface area contributed by atoms with E-state index in [1.54, 1.807) is 47.0 Å². The molecule has 0 amide bonds. The fraction of sp³-hybridized carbons (Fsp3) is 0.412. The Balaban J connectivity index is 1.61. The Morgan fingerprint density at radius 2 is 1.96 bits per heavy atom. The smallest absolute Gasteiger partial charge is 0.316 e. The first-order valence-corrected chi connectivity index (χ1v) is 10.1. The van der Waals surface area contributed by atoms with Crippen LogP contribution >= 0.6 is 11.6 Å². The van der Waals surface area contributed by atoms with Gasteiger partial charge in [-0.2, -0.15) is 0 Å². The molecule has 1 fully saturated rings. The molecule has 0 radical (unpaired) electrons. The summed E-state index contributed by atoms with van der Waals surface area (Å²) in [6.07, 6.45) is 4.96. The minimum Gasteiger partial charge on any atom is -0.463 e. The SMILES string of the molecule is O=S(=O)(Cc1ccccc1Cl)N1CCCC(COc2ncccn2)C1. The molecule has 1 aliphatic heterocycles. The van der Waals surface area contributed by atoms with Gasteiger partial charge in [-0.15, -0.1) is 0 Å². The maximum absolute atomic E-state index is 12.7. The molecular formula is C17H20ClN3O3S. The quantitative estimate of drug-likeness (QED) is 0.769. The monoisotopic (exact) mass is 381 g/mol. The summed E-state index contributed by atoms with van der Waals surface area (Å²) >= 11 is 6.10. The Bertz CT molecular complexity index is 802. The number of ether oxygens (including phenoxy) is 1. The first-order chi connectivity index (χ1) is 12.0. The van der Waals surface area contributed by atoms with Crippen molar-refractivity contribution >= 4 is 21.6 Å². The minimum atomic E-state index is -3.41. The third-order valence-electron chi connectivity index (χ3n) is 4.16. The summed E-state index contributed by atoms with van der Waals surface area (Å²) < 4.78 is 32.6. The highest BCUT2D eigenvalue weighted by molar-refractivity contribution is 7.88. The molecule has 1 aromatic heterocycles. The number of hydrogen-bond donors (Lipinski definition) is 0. The fourth-order valence-electron chi connectivity index (χ4n) is 2.87. The van der Waals surface area contributed by atoms with Gasteiger partial charge >= 0.3 is 6.01 Å². The van der Waals surface area contributed by atoms with Gasteiger partial charge in [0.25, 0.3) is 0 Å². The molecule has 0 bridgehead atoms. The second kappa shape index (κ2) is 8.12. The van der Waals surface area contributed by atoms with Gasteiger partial charge in [0.1, 0.15) is 0 Å². The van der Waals surface area contributed by atoms with Crippen molar-refractivity contribution in [1.82, 2.24) is 14.3 Å². The Morgan fingerprint density at radius 3 is 2.72 bits per heavy atom. The Morgan fingerprint density at radius 1 is 1.20 bits per heavy atom. The van der Waals surface area contributed by atoms with Crippen LogP contribution in [0, 0.1) is 5.92 Å². The topological polar surface area (TPSA) is 72.4 Å². The molecule has 1 aliphatic rings. The van der Waals surface area contributed by atoms with Crippen LogP contribution in [-0.4, -0.2) is 42.4 Å². The maximum atomic E-state index is 12.7. The number of aromatic nitrogens is 2. The fourth-order valence-corrected chi connectivity index (χ4v) is 4.83. The zero-order chi connectivity index (χ0) is 17.7. The molecule has 1 aromatic carbocycles. The van der Waals surface area contributed by atoms with E-state index in [1.165, 1.54) is 0 Å². The van der Waals surface area contributed by atoms with Crippen LogP contribution in [0.4, 0.5) is 0 Å². The van der Waals surface area contributed by atoms with Crippen LogP contribution in [0.1, 0.15) is 18.4 Å². The van der Waals surface area contributed by atoms with Gasteiger partial charge in [-0.25, -0.2) is 22.7 Å². The van der Waals surface area contributed by atoms with Crippen molar-refractivity contribution in [3.63, 3.8) is 0 Å². The van der Waals surface area contributed by atoms with E-state index in [1.807, 2.05) is 0 Å². The average molecular weight is 382 g/mol. The van der Waals surface area contributed by atoms with Crippen LogP contribution < -0.4 is 4.74 Å². The van der Waals surface area contributed by atoms with Crippen molar-refractivity contribution in [2.45, 2.75) is 18.6 Å². The lowest BCUT2D eigenvalue weighted by molar-refractivity contribution is 0.171. The van der Waals surface area contributed by atoms with Crippen molar-refractivity contribution in [1.29, 1.82) is 0 Å². The number of benzene rings is 1. The third-order valence-corrected chi connectivity index (χ3v) is 6.32. The maximum Gasteiger partial charge on any atom is 0.316 e. The number of piperidine rings is 1. The van der Waals surface area contributed by atoms with Crippen molar-refractivity contribution in [2.24, 2.45) is 5.92 Å². The molecule has 0 spiro atoms. The van der Waals surface area contributed by atoms with Gasteiger partial charge in [0, 0.05) is 36.4 Å². The van der Waals surface area contributed by atoms with E-state index in [4.69, 9.17) is 16.3 Å². The molecule has 2 heterocycles. The van der Waals surface area contributed by atoms with E-state index >= 15 is 0 Å². The van der Waals surface area contributed by atoms with Crippen LogP contribution in [0.2, 0.25) is 5.02 Å². The molecular weight excluding hydrogens is 362 g/mol. The normalized spacial score (nSPS) is 18.8. The number of nitrogens with zero attached hydrogens (tertiary/aromatic N) is 3. The third kappa shape index (κ3) is 4.90. The van der Waals surface area contributed by atoms with Gasteiger partial charge in [-0.05, 0) is 30.5 Å². The summed E-state index contributed by atoms with van der Waals surface area (Å²) in [4.78, 5) is 8.03. The number of halogens is 1. The van der Waals surface area contributed by atoms with E-state index in [-0.39, 0.29) is 11.7 Å². The van der Waals surface area contributed by atoms with Crippen LogP contribution in [0.25, 0.3) is 0 Å². The molecule has 8 heteroatoms. The molecule has 0 saturated carbocycles. The molecule has 1 atom stereocenters. The summed E-state index contributed by atoms with van der Waals surface area (Å²) in [5, 5.41) is 0.476. The molecule has 2 aromatic rings. The van der Waals surface area contributed by atoms with Crippen molar-refractivity contribution in [3.05, 3.63) is 53.3 Å².